The molecule has 0 aliphatic carbocycles. The van der Waals surface area contributed by atoms with E-state index in [0.29, 0.717) is 6.61 Å². The Kier molecular flexibility index (Phi) is 5.36. The van der Waals surface area contributed by atoms with Gasteiger partial charge in [0.05, 0.1) is 4.47 Å². The number of benzene rings is 1. The zero-order chi connectivity index (χ0) is 13.7. The number of fused-ring (bicyclic) bond motifs is 1. The zero-order valence-electron chi connectivity index (χ0n) is 10.3. The zero-order valence-corrected chi connectivity index (χ0v) is 13.5. The maximum absolute atomic E-state index is 5.82. The average molecular weight is 386 g/mol. The van der Waals surface area contributed by atoms with Gasteiger partial charge in [0.1, 0.15) is 12.1 Å². The van der Waals surface area contributed by atoms with Crippen LogP contribution in [0.2, 0.25) is 0 Å². The van der Waals surface area contributed by atoms with Crippen molar-refractivity contribution >= 4 is 42.8 Å². The van der Waals surface area contributed by atoms with E-state index < -0.39 is 0 Å². The lowest BCUT2D eigenvalue weighted by Gasteiger charge is -2.12. The van der Waals surface area contributed by atoms with Gasteiger partial charge in [0.25, 0.3) is 0 Å². The minimum atomic E-state index is 0.583. The van der Waals surface area contributed by atoms with Gasteiger partial charge in [-0.3, -0.25) is 4.98 Å². The standard InChI is InChI=1S/C14H14Br2N2O/c1-2-5-17-7-8-19-14-12(16)9-11(15)10-4-3-6-18-13(10)14/h2-4,6,9,17H,1,5,7-8H2. The number of nitrogens with zero attached hydrogens (tertiary/aromatic N) is 1. The van der Waals surface area contributed by atoms with Crippen LogP contribution in [-0.4, -0.2) is 24.7 Å². The summed E-state index contributed by atoms with van der Waals surface area (Å²) in [6, 6.07) is 5.91. The van der Waals surface area contributed by atoms with Gasteiger partial charge in [0, 0.05) is 29.1 Å². The van der Waals surface area contributed by atoms with E-state index in [-0.39, 0.29) is 0 Å². The lowest BCUT2D eigenvalue weighted by atomic mass is 10.2. The number of rotatable bonds is 6. The van der Waals surface area contributed by atoms with E-state index in [0.717, 1.165) is 38.7 Å². The molecule has 0 fully saturated rings. The molecule has 0 unspecified atom stereocenters. The smallest absolute Gasteiger partial charge is 0.159 e. The van der Waals surface area contributed by atoms with E-state index in [1.807, 2.05) is 24.3 Å². The van der Waals surface area contributed by atoms with Crippen molar-refractivity contribution in [3.05, 3.63) is 46.0 Å². The molecule has 1 N–H and O–H groups in total. The molecule has 2 aromatic rings. The topological polar surface area (TPSA) is 34.1 Å². The van der Waals surface area contributed by atoms with Crippen LogP contribution in [0.25, 0.3) is 10.9 Å². The molecule has 19 heavy (non-hydrogen) atoms. The second-order valence-corrected chi connectivity index (χ2v) is 5.62. The van der Waals surface area contributed by atoms with Crippen molar-refractivity contribution < 1.29 is 4.74 Å². The molecule has 0 amide bonds. The van der Waals surface area contributed by atoms with E-state index in [2.05, 4.69) is 48.7 Å². The van der Waals surface area contributed by atoms with Gasteiger partial charge in [-0.1, -0.05) is 28.1 Å². The number of pyridine rings is 1. The van der Waals surface area contributed by atoms with Crippen LogP contribution in [0.5, 0.6) is 5.75 Å². The Hall–Kier alpha value is -0.910. The summed E-state index contributed by atoms with van der Waals surface area (Å²) in [5, 5.41) is 4.24. The summed E-state index contributed by atoms with van der Waals surface area (Å²) >= 11 is 7.05. The molecule has 0 saturated carbocycles. The third-order valence-electron chi connectivity index (χ3n) is 2.56. The quantitative estimate of drug-likeness (QED) is 0.604. The molecular formula is C14H14Br2N2O. The fraction of sp³-hybridized carbons (Fsp3) is 0.214. The van der Waals surface area contributed by atoms with Gasteiger partial charge >= 0.3 is 0 Å². The van der Waals surface area contributed by atoms with Crippen LogP contribution in [0.3, 0.4) is 0 Å². The monoisotopic (exact) mass is 384 g/mol. The van der Waals surface area contributed by atoms with Crippen molar-refractivity contribution in [3.8, 4) is 5.75 Å². The number of hydrogen-bond acceptors (Lipinski definition) is 3. The van der Waals surface area contributed by atoms with Crippen molar-refractivity contribution in [1.82, 2.24) is 10.3 Å². The van der Waals surface area contributed by atoms with Gasteiger partial charge in [-0.15, -0.1) is 6.58 Å². The highest BCUT2D eigenvalue weighted by molar-refractivity contribution is 9.11. The highest BCUT2D eigenvalue weighted by atomic mass is 79.9. The minimum Gasteiger partial charge on any atom is -0.489 e. The molecule has 5 heteroatoms. The normalized spacial score (nSPS) is 10.6. The van der Waals surface area contributed by atoms with E-state index in [9.17, 15) is 0 Å². The lowest BCUT2D eigenvalue weighted by Crippen LogP contribution is -2.21. The van der Waals surface area contributed by atoms with Crippen LogP contribution in [-0.2, 0) is 0 Å². The first-order chi connectivity index (χ1) is 9.24. The molecule has 1 aromatic heterocycles. The molecule has 0 atom stereocenters. The van der Waals surface area contributed by atoms with Crippen molar-refractivity contribution in [1.29, 1.82) is 0 Å². The molecule has 0 aliphatic rings. The third-order valence-corrected chi connectivity index (χ3v) is 3.81. The number of aromatic nitrogens is 1. The third kappa shape index (κ3) is 3.55. The summed E-state index contributed by atoms with van der Waals surface area (Å²) in [6.07, 6.45) is 3.59. The molecule has 0 spiro atoms. The summed E-state index contributed by atoms with van der Waals surface area (Å²) in [6.45, 7) is 5.79. The maximum Gasteiger partial charge on any atom is 0.159 e. The second-order valence-electron chi connectivity index (χ2n) is 3.91. The summed E-state index contributed by atoms with van der Waals surface area (Å²) < 4.78 is 7.72. The highest BCUT2D eigenvalue weighted by Crippen LogP contribution is 2.37. The molecule has 100 valence electrons. The fourth-order valence-electron chi connectivity index (χ4n) is 1.71. The summed E-state index contributed by atoms with van der Waals surface area (Å²) in [5.74, 6) is 0.777. The van der Waals surface area contributed by atoms with Crippen LogP contribution in [0.4, 0.5) is 0 Å². The lowest BCUT2D eigenvalue weighted by molar-refractivity contribution is 0.317. The Labute approximate surface area is 129 Å². The van der Waals surface area contributed by atoms with Gasteiger partial charge in [0.15, 0.2) is 5.75 Å². The molecular weight excluding hydrogens is 372 g/mol. The van der Waals surface area contributed by atoms with E-state index >= 15 is 0 Å². The minimum absolute atomic E-state index is 0.583. The van der Waals surface area contributed by atoms with E-state index in [1.165, 1.54) is 0 Å². The number of halogens is 2. The Balaban J connectivity index is 2.20. The average Bonchev–Trinajstić information content (AvgIpc) is 2.42. The van der Waals surface area contributed by atoms with Crippen molar-refractivity contribution in [3.63, 3.8) is 0 Å². The number of ether oxygens (including phenoxy) is 1. The van der Waals surface area contributed by atoms with Gasteiger partial charge in [0.2, 0.25) is 0 Å². The highest BCUT2D eigenvalue weighted by Gasteiger charge is 2.11. The molecule has 3 nitrogen and oxygen atoms in total. The SMILES string of the molecule is C=CCNCCOc1c(Br)cc(Br)c2cccnc12. The Morgan fingerprint density at radius 1 is 1.37 bits per heavy atom. The molecule has 0 bridgehead atoms. The van der Waals surface area contributed by atoms with Gasteiger partial charge in [-0.2, -0.15) is 0 Å². The first-order valence-corrected chi connectivity index (χ1v) is 7.49. The van der Waals surface area contributed by atoms with Crippen molar-refractivity contribution in [2.45, 2.75) is 0 Å². The van der Waals surface area contributed by atoms with E-state index in [4.69, 9.17) is 4.74 Å². The Morgan fingerprint density at radius 2 is 2.21 bits per heavy atom. The molecule has 2 rings (SSSR count). The summed E-state index contributed by atoms with van der Waals surface area (Å²) in [5.41, 5.74) is 0.854. The van der Waals surface area contributed by atoms with Crippen LogP contribution < -0.4 is 10.1 Å². The van der Waals surface area contributed by atoms with Crippen LogP contribution in [0, 0.1) is 0 Å². The van der Waals surface area contributed by atoms with Crippen LogP contribution in [0.1, 0.15) is 0 Å². The predicted octanol–water partition coefficient (Wildman–Crippen LogP) is 3.91. The molecule has 0 saturated heterocycles. The van der Waals surface area contributed by atoms with Crippen LogP contribution >= 0.6 is 31.9 Å². The first kappa shape index (κ1) is 14.5. The largest absolute Gasteiger partial charge is 0.489 e. The molecule has 1 heterocycles. The van der Waals surface area contributed by atoms with Crippen LogP contribution in [0.15, 0.2) is 46.0 Å². The first-order valence-electron chi connectivity index (χ1n) is 5.91. The second kappa shape index (κ2) is 7.03. The fourth-order valence-corrected chi connectivity index (χ4v) is 3.10. The molecule has 0 aliphatic heterocycles. The number of hydrogen-bond donors (Lipinski definition) is 1. The Morgan fingerprint density at radius 3 is 3.00 bits per heavy atom. The summed E-state index contributed by atoms with van der Waals surface area (Å²) in [4.78, 5) is 4.40. The van der Waals surface area contributed by atoms with Gasteiger partial charge < -0.3 is 10.1 Å². The summed E-state index contributed by atoms with van der Waals surface area (Å²) in [7, 11) is 0. The molecule has 0 radical (unpaired) electrons. The maximum atomic E-state index is 5.82. The van der Waals surface area contributed by atoms with Gasteiger partial charge in [-0.25, -0.2) is 0 Å². The van der Waals surface area contributed by atoms with Crippen molar-refractivity contribution in [2.24, 2.45) is 0 Å². The predicted molar refractivity (Wildman–Crippen MR) is 85.7 cm³/mol. The van der Waals surface area contributed by atoms with E-state index in [1.54, 1.807) is 6.20 Å². The van der Waals surface area contributed by atoms with Gasteiger partial charge in [-0.05, 0) is 28.1 Å². The van der Waals surface area contributed by atoms with Crippen molar-refractivity contribution in [2.75, 3.05) is 19.7 Å². The Bertz CT molecular complexity index is 587. The number of nitrogens with one attached hydrogen (secondary N) is 1. The molecule has 1 aromatic carbocycles.